The van der Waals surface area contributed by atoms with Crippen LogP contribution in [0.2, 0.25) is 0 Å². The van der Waals surface area contributed by atoms with Crippen molar-refractivity contribution >= 4 is 0 Å². The van der Waals surface area contributed by atoms with E-state index in [0.717, 1.165) is 12.0 Å². The van der Waals surface area contributed by atoms with Gasteiger partial charge in [0.05, 0.1) is 0 Å². The molecule has 0 aliphatic heterocycles. The molecule has 0 aliphatic carbocycles. The number of benzene rings is 1. The maximum atomic E-state index is 9.67. The zero-order chi connectivity index (χ0) is 10.8. The number of hydrogen-bond donors (Lipinski definition) is 3. The molecule has 1 aromatic carbocycles. The first-order valence-corrected chi connectivity index (χ1v) is 4.70. The number of nitrogens with two attached hydrogens (primary N) is 1. The summed E-state index contributed by atoms with van der Waals surface area (Å²) in [4.78, 5) is 0. The van der Waals surface area contributed by atoms with E-state index in [1.807, 2.05) is 19.9 Å². The molecule has 3 nitrogen and oxygen atoms in total. The van der Waals surface area contributed by atoms with Crippen LogP contribution in [-0.2, 0) is 5.41 Å². The van der Waals surface area contributed by atoms with Gasteiger partial charge in [0, 0.05) is 5.56 Å². The first-order valence-electron chi connectivity index (χ1n) is 4.70. The van der Waals surface area contributed by atoms with Gasteiger partial charge in [0.2, 0.25) is 0 Å². The van der Waals surface area contributed by atoms with Crippen LogP contribution in [0.1, 0.15) is 25.8 Å². The fourth-order valence-electron chi connectivity index (χ4n) is 1.57. The smallest absolute Gasteiger partial charge is 0.161 e. The van der Waals surface area contributed by atoms with Gasteiger partial charge in [-0.15, -0.1) is 0 Å². The second kappa shape index (κ2) is 3.88. The third kappa shape index (κ3) is 1.99. The number of aromatic hydroxyl groups is 2. The predicted molar refractivity (Wildman–Crippen MR) is 56.5 cm³/mol. The number of para-hydroxylation sites is 1. The minimum Gasteiger partial charge on any atom is -0.504 e. The minimum atomic E-state index is -0.211. The van der Waals surface area contributed by atoms with Crippen LogP contribution in [0.15, 0.2) is 18.2 Å². The summed E-state index contributed by atoms with van der Waals surface area (Å²) >= 11 is 0. The van der Waals surface area contributed by atoms with Crippen LogP contribution in [0.3, 0.4) is 0 Å². The molecule has 1 aromatic rings. The number of rotatable bonds is 3. The third-order valence-electron chi connectivity index (χ3n) is 2.51. The predicted octanol–water partition coefficient (Wildman–Crippen LogP) is 1.72. The lowest BCUT2D eigenvalue weighted by Gasteiger charge is -2.25. The van der Waals surface area contributed by atoms with Gasteiger partial charge in [-0.1, -0.05) is 26.0 Å². The van der Waals surface area contributed by atoms with Crippen molar-refractivity contribution in [2.45, 2.75) is 25.7 Å². The Hall–Kier alpha value is -1.22. The van der Waals surface area contributed by atoms with Gasteiger partial charge in [-0.3, -0.25) is 0 Å². The first kappa shape index (κ1) is 10.9. The highest BCUT2D eigenvalue weighted by Crippen LogP contribution is 2.38. The molecule has 78 valence electrons. The van der Waals surface area contributed by atoms with Gasteiger partial charge < -0.3 is 15.9 Å². The largest absolute Gasteiger partial charge is 0.504 e. The highest BCUT2D eigenvalue weighted by Gasteiger charge is 2.24. The van der Waals surface area contributed by atoms with Gasteiger partial charge >= 0.3 is 0 Å². The maximum absolute atomic E-state index is 9.67. The van der Waals surface area contributed by atoms with Crippen molar-refractivity contribution < 1.29 is 10.2 Å². The van der Waals surface area contributed by atoms with Gasteiger partial charge in [-0.05, 0) is 24.4 Å². The Labute approximate surface area is 84.2 Å². The van der Waals surface area contributed by atoms with E-state index in [-0.39, 0.29) is 16.9 Å². The van der Waals surface area contributed by atoms with Crippen LogP contribution in [0.5, 0.6) is 11.5 Å². The lowest BCUT2D eigenvalue weighted by molar-refractivity contribution is 0.380. The molecule has 0 aromatic heterocycles. The molecular formula is C11H17NO2. The zero-order valence-electron chi connectivity index (χ0n) is 8.62. The molecule has 0 bridgehead atoms. The number of hydrogen-bond acceptors (Lipinski definition) is 3. The van der Waals surface area contributed by atoms with E-state index in [1.165, 1.54) is 6.07 Å². The quantitative estimate of drug-likeness (QED) is 0.643. The molecule has 0 atom stereocenters. The van der Waals surface area contributed by atoms with Crippen LogP contribution in [0.4, 0.5) is 0 Å². The summed E-state index contributed by atoms with van der Waals surface area (Å²) in [6.07, 6.45) is 0.768. The summed E-state index contributed by atoms with van der Waals surface area (Å²) in [6.45, 7) is 4.55. The Morgan fingerprint density at radius 3 is 2.50 bits per heavy atom. The first-order chi connectivity index (χ1) is 6.49. The minimum absolute atomic E-state index is 0.0362. The summed E-state index contributed by atoms with van der Waals surface area (Å²) < 4.78 is 0. The van der Waals surface area contributed by atoms with Crippen molar-refractivity contribution in [2.24, 2.45) is 5.73 Å². The van der Waals surface area contributed by atoms with Crippen LogP contribution >= 0.6 is 0 Å². The summed E-state index contributed by atoms with van der Waals surface area (Å²) in [5, 5.41) is 19.0. The van der Waals surface area contributed by atoms with E-state index in [2.05, 4.69) is 0 Å². The average molecular weight is 195 g/mol. The molecule has 0 saturated carbocycles. The van der Waals surface area contributed by atoms with Crippen molar-refractivity contribution in [1.82, 2.24) is 0 Å². The Morgan fingerprint density at radius 2 is 1.93 bits per heavy atom. The van der Waals surface area contributed by atoms with Crippen LogP contribution in [0.25, 0.3) is 0 Å². The van der Waals surface area contributed by atoms with Crippen molar-refractivity contribution in [3.8, 4) is 11.5 Å². The normalized spacial score (nSPS) is 11.6. The van der Waals surface area contributed by atoms with Crippen LogP contribution in [0, 0.1) is 0 Å². The zero-order valence-corrected chi connectivity index (χ0v) is 8.62. The highest BCUT2D eigenvalue weighted by atomic mass is 16.3. The molecule has 0 saturated heterocycles. The van der Waals surface area contributed by atoms with Crippen molar-refractivity contribution in [1.29, 1.82) is 0 Å². The standard InChI is InChI=1S/C11H17NO2/c1-11(2,6-7-12)8-4-3-5-9(13)10(8)14/h3-5,13-14H,6-7,12H2,1-2H3. The summed E-state index contributed by atoms with van der Waals surface area (Å²) in [6, 6.07) is 5.00. The SMILES string of the molecule is CC(C)(CCN)c1cccc(O)c1O. The van der Waals surface area contributed by atoms with Gasteiger partial charge in [0.15, 0.2) is 11.5 Å². The lowest BCUT2D eigenvalue weighted by Crippen LogP contribution is -2.21. The maximum Gasteiger partial charge on any atom is 0.161 e. The summed E-state index contributed by atoms with van der Waals surface area (Å²) in [5.41, 5.74) is 6.02. The fraction of sp³-hybridized carbons (Fsp3) is 0.455. The van der Waals surface area contributed by atoms with E-state index in [0.29, 0.717) is 6.54 Å². The summed E-state index contributed by atoms with van der Waals surface area (Å²) in [7, 11) is 0. The molecule has 0 radical (unpaired) electrons. The van der Waals surface area contributed by atoms with E-state index < -0.39 is 0 Å². The third-order valence-corrected chi connectivity index (χ3v) is 2.51. The molecule has 0 spiro atoms. The molecular weight excluding hydrogens is 178 g/mol. The molecule has 0 unspecified atom stereocenters. The highest BCUT2D eigenvalue weighted by molar-refractivity contribution is 5.47. The van der Waals surface area contributed by atoms with E-state index in [1.54, 1.807) is 6.07 Å². The van der Waals surface area contributed by atoms with E-state index >= 15 is 0 Å². The fourth-order valence-corrected chi connectivity index (χ4v) is 1.57. The lowest BCUT2D eigenvalue weighted by atomic mass is 9.81. The van der Waals surface area contributed by atoms with Crippen LogP contribution in [-0.4, -0.2) is 16.8 Å². The average Bonchev–Trinajstić information content (AvgIpc) is 2.09. The summed E-state index contributed by atoms with van der Waals surface area (Å²) in [5.74, 6) is -0.112. The number of phenols is 2. The second-order valence-corrected chi connectivity index (χ2v) is 4.10. The molecule has 0 fully saturated rings. The molecule has 4 N–H and O–H groups in total. The van der Waals surface area contributed by atoms with Gasteiger partial charge in [-0.25, -0.2) is 0 Å². The molecule has 1 rings (SSSR count). The Balaban J connectivity index is 3.12. The Morgan fingerprint density at radius 1 is 1.29 bits per heavy atom. The Kier molecular flexibility index (Phi) is 3.01. The van der Waals surface area contributed by atoms with Gasteiger partial charge in [0.25, 0.3) is 0 Å². The second-order valence-electron chi connectivity index (χ2n) is 4.10. The molecule has 0 heterocycles. The van der Waals surface area contributed by atoms with Crippen molar-refractivity contribution in [3.05, 3.63) is 23.8 Å². The topological polar surface area (TPSA) is 66.5 Å². The van der Waals surface area contributed by atoms with Crippen LogP contribution < -0.4 is 5.73 Å². The monoisotopic (exact) mass is 195 g/mol. The molecule has 0 amide bonds. The van der Waals surface area contributed by atoms with Crippen molar-refractivity contribution in [2.75, 3.05) is 6.54 Å². The Bertz CT molecular complexity index is 321. The molecule has 14 heavy (non-hydrogen) atoms. The van der Waals surface area contributed by atoms with Crippen molar-refractivity contribution in [3.63, 3.8) is 0 Å². The van der Waals surface area contributed by atoms with E-state index in [4.69, 9.17) is 5.73 Å². The number of phenolic OH excluding ortho intramolecular Hbond substituents is 2. The molecule has 3 heteroatoms. The van der Waals surface area contributed by atoms with Gasteiger partial charge in [-0.2, -0.15) is 0 Å². The van der Waals surface area contributed by atoms with Gasteiger partial charge in [0.1, 0.15) is 0 Å². The van der Waals surface area contributed by atoms with E-state index in [9.17, 15) is 10.2 Å². The molecule has 0 aliphatic rings.